The lowest BCUT2D eigenvalue weighted by Crippen LogP contribution is -2.32. The maximum Gasteiger partial charge on any atom is 0.248 e. The minimum atomic E-state index is -0.412. The number of carbonyl (C=O) groups is 1. The Morgan fingerprint density at radius 3 is 2.87 bits per heavy atom. The molecule has 0 atom stereocenters. The third-order valence-corrected chi connectivity index (χ3v) is 2.73. The van der Waals surface area contributed by atoms with E-state index in [2.05, 4.69) is 0 Å². The van der Waals surface area contributed by atoms with Crippen LogP contribution in [-0.2, 0) is 6.42 Å². The van der Waals surface area contributed by atoms with Crippen molar-refractivity contribution in [1.29, 1.82) is 0 Å². The van der Waals surface area contributed by atoms with Crippen LogP contribution in [0.5, 0.6) is 5.75 Å². The summed E-state index contributed by atoms with van der Waals surface area (Å²) in [6.07, 6.45) is 1.98. The molecule has 0 saturated carbocycles. The Morgan fingerprint density at radius 1 is 1.47 bits per heavy atom. The third-order valence-electron chi connectivity index (χ3n) is 2.73. The number of ether oxygens (including phenoxy) is 1. The van der Waals surface area contributed by atoms with Crippen molar-refractivity contribution < 1.29 is 9.53 Å². The first-order valence-electron chi connectivity index (χ1n) is 5.10. The van der Waals surface area contributed by atoms with Crippen LogP contribution in [0.15, 0.2) is 18.2 Å². The summed E-state index contributed by atoms with van der Waals surface area (Å²) in [6.45, 7) is 4.10. The fraction of sp³-hybridized carbons (Fsp3) is 0.417. The van der Waals surface area contributed by atoms with Crippen LogP contribution in [0.4, 0.5) is 0 Å². The minimum absolute atomic E-state index is 0.150. The highest BCUT2D eigenvalue weighted by Gasteiger charge is 2.26. The highest BCUT2D eigenvalue weighted by Crippen LogP contribution is 2.33. The van der Waals surface area contributed by atoms with Crippen molar-refractivity contribution in [3.8, 4) is 5.75 Å². The number of rotatable bonds is 1. The lowest BCUT2D eigenvalue weighted by molar-refractivity contribution is 0.0840. The molecule has 0 fully saturated rings. The van der Waals surface area contributed by atoms with Crippen LogP contribution in [0, 0.1) is 0 Å². The first-order chi connectivity index (χ1) is 6.98. The molecule has 2 N–H and O–H groups in total. The molecule has 1 aromatic rings. The van der Waals surface area contributed by atoms with Gasteiger partial charge in [-0.1, -0.05) is 6.07 Å². The summed E-state index contributed by atoms with van der Waals surface area (Å²) in [7, 11) is 0. The lowest BCUT2D eigenvalue weighted by atomic mass is 9.93. The van der Waals surface area contributed by atoms with Crippen LogP contribution < -0.4 is 10.5 Å². The van der Waals surface area contributed by atoms with Gasteiger partial charge in [-0.2, -0.15) is 0 Å². The molecule has 0 unspecified atom stereocenters. The van der Waals surface area contributed by atoms with E-state index in [0.717, 1.165) is 24.2 Å². The summed E-state index contributed by atoms with van der Waals surface area (Å²) in [5.41, 5.74) is 6.73. The molecular formula is C12H15NO2. The number of nitrogens with two attached hydrogens (primary N) is 1. The van der Waals surface area contributed by atoms with Crippen molar-refractivity contribution in [2.75, 3.05) is 0 Å². The second kappa shape index (κ2) is 3.26. The van der Waals surface area contributed by atoms with Gasteiger partial charge in [0, 0.05) is 5.56 Å². The molecule has 3 nitrogen and oxygen atoms in total. The molecule has 2 rings (SSSR count). The maximum absolute atomic E-state index is 11.0. The van der Waals surface area contributed by atoms with Gasteiger partial charge < -0.3 is 10.5 Å². The summed E-state index contributed by atoms with van der Waals surface area (Å²) in [5.74, 6) is 0.382. The molecular weight excluding hydrogens is 190 g/mol. The molecule has 1 aliphatic heterocycles. The van der Waals surface area contributed by atoms with Gasteiger partial charge in [0.1, 0.15) is 11.4 Å². The fourth-order valence-electron chi connectivity index (χ4n) is 1.79. The summed E-state index contributed by atoms with van der Waals surface area (Å²) in [4.78, 5) is 11.0. The van der Waals surface area contributed by atoms with Crippen LogP contribution in [-0.4, -0.2) is 11.5 Å². The van der Waals surface area contributed by atoms with E-state index in [9.17, 15) is 4.79 Å². The second-order valence-corrected chi connectivity index (χ2v) is 4.55. The molecule has 0 spiro atoms. The first kappa shape index (κ1) is 10.0. The largest absolute Gasteiger partial charge is 0.488 e. The average Bonchev–Trinajstić information content (AvgIpc) is 2.15. The van der Waals surface area contributed by atoms with Gasteiger partial charge in [0.25, 0.3) is 0 Å². The van der Waals surface area contributed by atoms with E-state index in [-0.39, 0.29) is 5.60 Å². The number of primary amides is 1. The average molecular weight is 205 g/mol. The number of carbonyl (C=O) groups excluding carboxylic acids is 1. The Bertz CT molecular complexity index is 410. The topological polar surface area (TPSA) is 52.3 Å². The van der Waals surface area contributed by atoms with Crippen LogP contribution in [0.1, 0.15) is 36.2 Å². The van der Waals surface area contributed by atoms with E-state index in [1.807, 2.05) is 19.9 Å². The van der Waals surface area contributed by atoms with Crippen molar-refractivity contribution in [2.24, 2.45) is 5.73 Å². The van der Waals surface area contributed by atoms with Gasteiger partial charge in [-0.15, -0.1) is 0 Å². The molecule has 1 aliphatic rings. The lowest BCUT2D eigenvalue weighted by Gasteiger charge is -2.32. The van der Waals surface area contributed by atoms with Crippen molar-refractivity contribution in [2.45, 2.75) is 32.3 Å². The Morgan fingerprint density at radius 2 is 2.20 bits per heavy atom. The Labute approximate surface area is 89.2 Å². The number of hydrogen-bond acceptors (Lipinski definition) is 2. The van der Waals surface area contributed by atoms with E-state index >= 15 is 0 Å². The molecule has 0 bridgehead atoms. The molecule has 15 heavy (non-hydrogen) atoms. The van der Waals surface area contributed by atoms with Gasteiger partial charge in [0.15, 0.2) is 0 Å². The molecule has 0 aromatic heterocycles. The predicted molar refractivity (Wildman–Crippen MR) is 58.0 cm³/mol. The number of amides is 1. The van der Waals surface area contributed by atoms with Crippen molar-refractivity contribution in [1.82, 2.24) is 0 Å². The summed E-state index contributed by atoms with van der Waals surface area (Å²) >= 11 is 0. The number of benzene rings is 1. The van der Waals surface area contributed by atoms with E-state index in [0.29, 0.717) is 5.56 Å². The van der Waals surface area contributed by atoms with Gasteiger partial charge in [-0.05, 0) is 44.4 Å². The Kier molecular flexibility index (Phi) is 2.18. The first-order valence-corrected chi connectivity index (χ1v) is 5.10. The van der Waals surface area contributed by atoms with E-state index in [1.165, 1.54) is 0 Å². The van der Waals surface area contributed by atoms with Gasteiger partial charge in [-0.25, -0.2) is 0 Å². The highest BCUT2D eigenvalue weighted by molar-refractivity contribution is 5.93. The molecule has 1 heterocycles. The maximum atomic E-state index is 11.0. The summed E-state index contributed by atoms with van der Waals surface area (Å²) in [5, 5.41) is 0. The summed E-state index contributed by atoms with van der Waals surface area (Å²) in [6, 6.07) is 5.41. The molecule has 1 amide bonds. The Hall–Kier alpha value is -1.51. The molecule has 0 aliphatic carbocycles. The summed E-state index contributed by atoms with van der Waals surface area (Å²) < 4.78 is 5.80. The van der Waals surface area contributed by atoms with E-state index in [4.69, 9.17) is 10.5 Å². The van der Waals surface area contributed by atoms with Gasteiger partial charge in [0.05, 0.1) is 0 Å². The van der Waals surface area contributed by atoms with Crippen molar-refractivity contribution >= 4 is 5.91 Å². The fourth-order valence-corrected chi connectivity index (χ4v) is 1.79. The van der Waals surface area contributed by atoms with Crippen LogP contribution in [0.3, 0.4) is 0 Å². The quantitative estimate of drug-likeness (QED) is 0.761. The SMILES string of the molecule is CC1(C)CCc2ccc(C(N)=O)cc2O1. The zero-order valence-corrected chi connectivity index (χ0v) is 9.04. The molecule has 80 valence electrons. The number of fused-ring (bicyclic) bond motifs is 1. The van der Waals surface area contributed by atoms with Gasteiger partial charge in [0.2, 0.25) is 5.91 Å². The normalized spacial score (nSPS) is 17.7. The smallest absolute Gasteiger partial charge is 0.248 e. The zero-order valence-electron chi connectivity index (χ0n) is 9.04. The van der Waals surface area contributed by atoms with Gasteiger partial charge in [-0.3, -0.25) is 4.79 Å². The van der Waals surface area contributed by atoms with E-state index < -0.39 is 5.91 Å². The van der Waals surface area contributed by atoms with Crippen LogP contribution in [0.2, 0.25) is 0 Å². The van der Waals surface area contributed by atoms with Crippen molar-refractivity contribution in [3.05, 3.63) is 29.3 Å². The van der Waals surface area contributed by atoms with Crippen LogP contribution in [0.25, 0.3) is 0 Å². The van der Waals surface area contributed by atoms with Gasteiger partial charge >= 0.3 is 0 Å². The standard InChI is InChI=1S/C12H15NO2/c1-12(2)6-5-8-3-4-9(11(13)14)7-10(8)15-12/h3-4,7H,5-6H2,1-2H3,(H2,13,14). The monoisotopic (exact) mass is 205 g/mol. The minimum Gasteiger partial charge on any atom is -0.488 e. The molecule has 1 aromatic carbocycles. The third kappa shape index (κ3) is 1.96. The van der Waals surface area contributed by atoms with E-state index in [1.54, 1.807) is 12.1 Å². The second-order valence-electron chi connectivity index (χ2n) is 4.55. The Balaban J connectivity index is 2.39. The molecule has 0 saturated heterocycles. The molecule has 3 heteroatoms. The predicted octanol–water partition coefficient (Wildman–Crippen LogP) is 1.89. The zero-order chi connectivity index (χ0) is 11.1. The number of hydrogen-bond donors (Lipinski definition) is 1. The highest BCUT2D eigenvalue weighted by atomic mass is 16.5. The molecule has 0 radical (unpaired) electrons. The van der Waals surface area contributed by atoms with Crippen molar-refractivity contribution in [3.63, 3.8) is 0 Å². The number of aryl methyl sites for hydroxylation is 1. The van der Waals surface area contributed by atoms with Crippen LogP contribution >= 0.6 is 0 Å².